The van der Waals surface area contributed by atoms with E-state index >= 15 is 0 Å². The third kappa shape index (κ3) is 30.4. The lowest BCUT2D eigenvalue weighted by molar-refractivity contribution is -0.144. The first kappa shape index (κ1) is 74.8. The minimum atomic E-state index is -2.07. The molecule has 0 rings (SSSR count). The fraction of sp³-hybridized carbons (Fsp3) is 0.700. The van der Waals surface area contributed by atoms with Gasteiger partial charge >= 0.3 is 23.9 Å². The zero-order valence-electron chi connectivity index (χ0n) is 48.0. The summed E-state index contributed by atoms with van der Waals surface area (Å²) in [4.78, 5) is 186. The normalized spacial score (nSPS) is 14.8. The molecule has 0 fully saturated rings. The van der Waals surface area contributed by atoms with Crippen LogP contribution < -0.4 is 70.8 Å². The van der Waals surface area contributed by atoms with Crippen molar-refractivity contribution in [2.75, 3.05) is 13.2 Å². The van der Waals surface area contributed by atoms with Gasteiger partial charge in [0, 0.05) is 25.8 Å². The summed E-state index contributed by atoms with van der Waals surface area (Å²) in [5.74, 6) is -19.1. The van der Waals surface area contributed by atoms with Gasteiger partial charge in [0.25, 0.3) is 0 Å². The number of carboxylic acids is 4. The summed E-state index contributed by atoms with van der Waals surface area (Å²) in [6.07, 6.45) is -4.89. The molecule has 22 N–H and O–H groups in total. The molecule has 0 unspecified atom stereocenters. The summed E-state index contributed by atoms with van der Waals surface area (Å²) in [6, 6.07) is -16.1. The topological polar surface area (TPSA) is 565 Å². The van der Waals surface area contributed by atoms with Crippen molar-refractivity contribution in [3.05, 3.63) is 0 Å². The van der Waals surface area contributed by atoms with Gasteiger partial charge in [0.2, 0.25) is 59.1 Å². The lowest BCUT2D eigenvalue weighted by atomic mass is 9.99. The van der Waals surface area contributed by atoms with Crippen molar-refractivity contribution < 1.29 is 92.7 Å². The van der Waals surface area contributed by atoms with Crippen LogP contribution in [0.15, 0.2) is 4.99 Å². The van der Waals surface area contributed by atoms with Gasteiger partial charge in [0.1, 0.15) is 54.4 Å². The van der Waals surface area contributed by atoms with E-state index in [1.165, 1.54) is 27.7 Å². The molecule has 0 heterocycles. The van der Waals surface area contributed by atoms with Crippen molar-refractivity contribution in [2.45, 2.75) is 186 Å². The number of aliphatic imine (C=N–C) groups is 1. The second-order valence-electron chi connectivity index (χ2n) is 21.2. The van der Waals surface area contributed by atoms with Crippen molar-refractivity contribution >= 4 is 88.9 Å². The summed E-state index contributed by atoms with van der Waals surface area (Å²) in [7, 11) is 0. The molecule has 0 spiro atoms. The Bertz CT molecular complexity index is 2310. The van der Waals surface area contributed by atoms with Crippen molar-refractivity contribution in [1.29, 1.82) is 0 Å². The molecular weight excluding hydrogens is 1100 g/mol. The van der Waals surface area contributed by atoms with Gasteiger partial charge in [-0.1, -0.05) is 55.4 Å². The molecule has 33 nitrogen and oxygen atoms in total. The Kier molecular flexibility index (Phi) is 34.0. The first-order chi connectivity index (χ1) is 38.5. The fourth-order valence-corrected chi connectivity index (χ4v) is 7.72. The fourth-order valence-electron chi connectivity index (χ4n) is 7.72. The number of aliphatic hydroxyl groups is 1. The molecule has 470 valence electrons. The number of amides is 10. The van der Waals surface area contributed by atoms with Crippen LogP contribution in [0.25, 0.3) is 0 Å². The highest BCUT2D eigenvalue weighted by atomic mass is 16.4. The first-order valence-electron chi connectivity index (χ1n) is 26.8. The van der Waals surface area contributed by atoms with Crippen LogP contribution in [0.1, 0.15) is 126 Å². The number of rotatable bonds is 41. The van der Waals surface area contributed by atoms with Crippen molar-refractivity contribution in [3.8, 4) is 0 Å². The minimum absolute atomic E-state index is 0.0355. The molecule has 0 saturated heterocycles. The Morgan fingerprint density at radius 1 is 0.410 bits per heavy atom. The van der Waals surface area contributed by atoms with E-state index in [1.807, 2.05) is 0 Å². The van der Waals surface area contributed by atoms with E-state index in [-0.39, 0.29) is 50.0 Å². The monoisotopic (exact) mass is 1190 g/mol. The van der Waals surface area contributed by atoms with Gasteiger partial charge in [0.15, 0.2) is 5.96 Å². The molecule has 33 heteroatoms. The maximum atomic E-state index is 14.1. The number of nitrogens with two attached hydrogens (primary N) is 4. The SMILES string of the molecule is CC(C)C[C@H](NC(=O)[C@H](CCC(N)=O)NC(=O)[C@H](CCC(=O)O)NC(=O)[C@H](CC(=O)O)NC(=O)[C@@H](NC(=O)[C@H](CCC(=O)O)NC(=O)[C@@H](N)CCCN=C(N)N)C(C)C)C(=O)N[C@@H](CC(C)C)C(=O)N[C@@H](CO)C(=O)N[C@H](C(=O)O)C(C)C. The average molecular weight is 1190 g/mol. The molecule has 10 amide bonds. The van der Waals surface area contributed by atoms with Crippen molar-refractivity contribution in [1.82, 2.24) is 47.9 Å². The Labute approximate surface area is 479 Å². The summed E-state index contributed by atoms with van der Waals surface area (Å²) >= 11 is 0. The molecule has 0 aromatic heterocycles. The average Bonchev–Trinajstić information content (AvgIpc) is 3.39. The number of nitrogens with zero attached hydrogens (tertiary/aromatic N) is 1. The maximum Gasteiger partial charge on any atom is 0.326 e. The zero-order chi connectivity index (χ0) is 64.0. The van der Waals surface area contributed by atoms with Crippen molar-refractivity contribution in [2.24, 2.45) is 51.6 Å². The number of aliphatic carboxylic acids is 4. The second-order valence-corrected chi connectivity index (χ2v) is 21.2. The molecule has 0 aromatic carbocycles. The molecule has 0 aliphatic carbocycles. The molecule has 0 aromatic rings. The first-order valence-corrected chi connectivity index (χ1v) is 26.8. The maximum absolute atomic E-state index is 14.1. The predicted octanol–water partition coefficient (Wildman–Crippen LogP) is -5.32. The van der Waals surface area contributed by atoms with Gasteiger partial charge in [-0.15, -0.1) is 0 Å². The second kappa shape index (κ2) is 37.7. The van der Waals surface area contributed by atoms with Crippen LogP contribution in [0.4, 0.5) is 0 Å². The number of carbonyl (C=O) groups is 14. The number of nitrogens with one attached hydrogen (secondary N) is 9. The van der Waals surface area contributed by atoms with Crippen molar-refractivity contribution in [3.63, 3.8) is 0 Å². The third-order valence-electron chi connectivity index (χ3n) is 12.2. The number of carbonyl (C=O) groups excluding carboxylic acids is 10. The molecule has 0 aliphatic heterocycles. The smallest absolute Gasteiger partial charge is 0.326 e. The van der Waals surface area contributed by atoms with E-state index in [2.05, 4.69) is 52.8 Å². The van der Waals surface area contributed by atoms with Gasteiger partial charge in [0.05, 0.1) is 19.1 Å². The Balaban J connectivity index is 6.84. The van der Waals surface area contributed by atoms with E-state index in [1.54, 1.807) is 27.7 Å². The van der Waals surface area contributed by atoms with E-state index in [9.17, 15) is 92.7 Å². The molecule has 10 atom stereocenters. The zero-order valence-corrected chi connectivity index (χ0v) is 48.0. The van der Waals surface area contributed by atoms with Crippen LogP contribution in [0.2, 0.25) is 0 Å². The van der Waals surface area contributed by atoms with E-state index in [0.29, 0.717) is 0 Å². The molecular formula is C50H86N14O19. The van der Waals surface area contributed by atoms with Crippen LogP contribution in [0, 0.1) is 23.7 Å². The van der Waals surface area contributed by atoms with E-state index < -0.39 is 207 Å². The van der Waals surface area contributed by atoms with Gasteiger partial charge in [-0.05, 0) is 68.6 Å². The predicted molar refractivity (Wildman–Crippen MR) is 293 cm³/mol. The molecule has 0 radical (unpaired) electrons. The highest BCUT2D eigenvalue weighted by Crippen LogP contribution is 2.13. The van der Waals surface area contributed by atoms with Gasteiger partial charge in [-0.25, -0.2) is 4.79 Å². The van der Waals surface area contributed by atoms with E-state index in [0.717, 1.165) is 0 Å². The summed E-state index contributed by atoms with van der Waals surface area (Å²) in [6.45, 7) is 11.8. The Hall–Kier alpha value is -8.23. The van der Waals surface area contributed by atoms with Crippen LogP contribution in [0.5, 0.6) is 0 Å². The molecule has 0 bridgehead atoms. The third-order valence-corrected chi connectivity index (χ3v) is 12.2. The number of primary amides is 1. The number of aliphatic hydroxyl groups excluding tert-OH is 1. The molecule has 0 aliphatic rings. The van der Waals surface area contributed by atoms with Gasteiger partial charge in [-0.2, -0.15) is 0 Å². The van der Waals surface area contributed by atoms with Gasteiger partial charge in [-0.3, -0.25) is 67.3 Å². The van der Waals surface area contributed by atoms with Crippen LogP contribution in [-0.2, 0) is 67.1 Å². The number of hydrogen-bond acceptors (Lipinski definition) is 17. The highest BCUT2D eigenvalue weighted by Gasteiger charge is 2.37. The Morgan fingerprint density at radius 3 is 1.13 bits per heavy atom. The standard InChI is InChI=1S/C50H86N14O19/c1-22(2)18-30(44(77)60-31(19-23(3)4)45(78)62-33(21-65)47(80)64-39(25(7)8)49(82)83)59-42(75)27(11-14-34(52)66)57-41(74)28(12-15-35(67)68)58-46(79)32(20-37(71)72)61-48(81)38(24(5)6)63-43(76)29(13-16-36(69)70)56-40(73)26(51)10-9-17-55-50(53)54/h22-33,38-39,65H,9-21,51H2,1-8H3,(H2,52,66)(H,56,73)(H,57,74)(H,58,79)(H,59,75)(H,60,77)(H,61,81)(H,62,78)(H,63,76)(H,64,80)(H,67,68)(H,69,70)(H,71,72)(H,82,83)(H4,53,54,55)/t26-,27-,28-,29-,30-,31-,32-,33-,38-,39-/m0/s1. The van der Waals surface area contributed by atoms with Crippen LogP contribution in [-0.4, -0.2) is 188 Å². The summed E-state index contributed by atoms with van der Waals surface area (Å²) in [5.41, 5.74) is 21.9. The highest BCUT2D eigenvalue weighted by molar-refractivity contribution is 5.99. The van der Waals surface area contributed by atoms with E-state index in [4.69, 9.17) is 22.9 Å². The minimum Gasteiger partial charge on any atom is -0.481 e. The lowest BCUT2D eigenvalue weighted by Gasteiger charge is -2.29. The largest absolute Gasteiger partial charge is 0.481 e. The molecule has 0 saturated carbocycles. The molecule has 83 heavy (non-hydrogen) atoms. The number of carboxylic acid groups (broad SMARTS) is 4. The Morgan fingerprint density at radius 2 is 0.759 bits per heavy atom. The lowest BCUT2D eigenvalue weighted by Crippen LogP contribution is -2.61. The van der Waals surface area contributed by atoms with Crippen LogP contribution in [0.3, 0.4) is 0 Å². The number of guanidine groups is 1. The quantitative estimate of drug-likeness (QED) is 0.0154. The number of hydrogen-bond donors (Lipinski definition) is 18. The summed E-state index contributed by atoms with van der Waals surface area (Å²) < 4.78 is 0. The summed E-state index contributed by atoms with van der Waals surface area (Å²) in [5, 5.41) is 69.1. The van der Waals surface area contributed by atoms with Crippen LogP contribution >= 0.6 is 0 Å². The van der Waals surface area contributed by atoms with Gasteiger partial charge < -0.3 is 96.3 Å².